The first-order valence-electron chi connectivity index (χ1n) is 10.8. The Bertz CT molecular complexity index is 1370. The summed E-state index contributed by atoms with van der Waals surface area (Å²) in [5.74, 6) is -1.53. The molecule has 0 spiro atoms. The van der Waals surface area contributed by atoms with Gasteiger partial charge in [-0.3, -0.25) is 5.10 Å². The molecular formula is C24H25FN4O3. The molecule has 1 saturated carbocycles. The Morgan fingerprint density at radius 3 is 2.78 bits per heavy atom. The lowest BCUT2D eigenvalue weighted by Gasteiger charge is -2.20. The molecule has 5 rings (SSSR count). The number of nitrogens with one attached hydrogen (secondary N) is 1. The van der Waals surface area contributed by atoms with Gasteiger partial charge < -0.3 is 14.8 Å². The van der Waals surface area contributed by atoms with Gasteiger partial charge in [-0.25, -0.2) is 14.2 Å². The second-order valence-electron chi connectivity index (χ2n) is 9.16. The minimum absolute atomic E-state index is 0.0829. The smallest absolute Gasteiger partial charge is 0.335 e. The second kappa shape index (κ2) is 7.13. The van der Waals surface area contributed by atoms with Gasteiger partial charge in [-0.05, 0) is 67.9 Å². The Labute approximate surface area is 183 Å². The summed E-state index contributed by atoms with van der Waals surface area (Å²) < 4.78 is 16.1. The molecule has 1 aliphatic rings. The number of nitrogens with zero attached hydrogens (tertiary/aromatic N) is 3. The molecule has 1 aliphatic carbocycles. The Morgan fingerprint density at radius 2 is 2.12 bits per heavy atom. The van der Waals surface area contributed by atoms with Crippen LogP contribution in [0.3, 0.4) is 0 Å². The molecule has 7 nitrogen and oxygen atoms in total. The molecule has 3 N–H and O–H groups in total. The Kier molecular flexibility index (Phi) is 4.60. The van der Waals surface area contributed by atoms with Crippen LogP contribution in [0.2, 0.25) is 0 Å². The van der Waals surface area contributed by atoms with E-state index >= 15 is 0 Å². The Hall–Kier alpha value is -3.26. The number of fused-ring (bicyclic) bond motifs is 2. The van der Waals surface area contributed by atoms with Crippen molar-refractivity contribution in [3.8, 4) is 5.69 Å². The maximum atomic E-state index is 14.0. The normalized spacial score (nSPS) is 21.2. The average Bonchev–Trinajstić information content (AvgIpc) is 3.43. The quantitative estimate of drug-likeness (QED) is 0.435. The fourth-order valence-corrected chi connectivity index (χ4v) is 5.09. The number of hydrogen-bond acceptors (Lipinski definition) is 4. The van der Waals surface area contributed by atoms with Gasteiger partial charge in [0.15, 0.2) is 11.2 Å². The van der Waals surface area contributed by atoms with Gasteiger partial charge in [-0.2, -0.15) is 5.10 Å². The van der Waals surface area contributed by atoms with E-state index in [1.807, 2.05) is 12.1 Å². The highest BCUT2D eigenvalue weighted by atomic mass is 19.1. The highest BCUT2D eigenvalue weighted by Gasteiger charge is 2.46. The Balaban J connectivity index is 1.84. The van der Waals surface area contributed by atoms with Crippen LogP contribution in [0.25, 0.3) is 27.8 Å². The van der Waals surface area contributed by atoms with Gasteiger partial charge in [0, 0.05) is 22.3 Å². The number of benzene rings is 1. The molecule has 0 saturated heterocycles. The number of aromatic amines is 1. The first-order chi connectivity index (χ1) is 15.2. The number of carbonyl (C=O) groups is 1. The number of halogens is 1. The minimum atomic E-state index is -1.74. The molecule has 1 fully saturated rings. The largest absolute Gasteiger partial charge is 0.479 e. The number of aliphatic carboxylic acids is 1. The second-order valence-corrected chi connectivity index (χ2v) is 9.16. The molecule has 0 radical (unpaired) electrons. The summed E-state index contributed by atoms with van der Waals surface area (Å²) in [5.41, 5.74) is 3.83. The molecule has 8 heteroatoms. The topological polar surface area (TPSA) is 104 Å². The van der Waals surface area contributed by atoms with Crippen LogP contribution >= 0.6 is 0 Å². The van der Waals surface area contributed by atoms with Gasteiger partial charge in [0.1, 0.15) is 5.82 Å². The van der Waals surface area contributed by atoms with E-state index in [0.29, 0.717) is 17.6 Å². The summed E-state index contributed by atoms with van der Waals surface area (Å²) in [6.07, 6.45) is 2.58. The molecular weight excluding hydrogens is 411 g/mol. The highest BCUT2D eigenvalue weighted by Crippen LogP contribution is 2.47. The van der Waals surface area contributed by atoms with E-state index in [1.54, 1.807) is 19.2 Å². The maximum Gasteiger partial charge on any atom is 0.335 e. The maximum absolute atomic E-state index is 14.0. The molecule has 32 heavy (non-hydrogen) atoms. The molecule has 1 aromatic carbocycles. The van der Waals surface area contributed by atoms with Gasteiger partial charge in [-0.1, -0.05) is 13.8 Å². The number of aryl methyl sites for hydroxylation is 1. The van der Waals surface area contributed by atoms with E-state index in [9.17, 15) is 19.4 Å². The van der Waals surface area contributed by atoms with Crippen molar-refractivity contribution in [1.82, 2.24) is 19.7 Å². The molecule has 0 unspecified atom stereocenters. The van der Waals surface area contributed by atoms with E-state index < -0.39 is 11.6 Å². The van der Waals surface area contributed by atoms with Crippen molar-refractivity contribution in [3.63, 3.8) is 0 Å². The fraction of sp³-hybridized carbons (Fsp3) is 0.375. The first kappa shape index (κ1) is 20.6. The summed E-state index contributed by atoms with van der Waals surface area (Å²) in [7, 11) is 0. The third-order valence-corrected chi connectivity index (χ3v) is 6.66. The summed E-state index contributed by atoms with van der Waals surface area (Å²) in [6, 6.07) is 7.03. The number of pyridine rings is 1. The van der Waals surface area contributed by atoms with Gasteiger partial charge in [-0.15, -0.1) is 0 Å². The molecule has 0 aliphatic heterocycles. The van der Waals surface area contributed by atoms with Crippen LogP contribution in [0.1, 0.15) is 61.8 Å². The third kappa shape index (κ3) is 3.01. The monoisotopic (exact) mass is 436 g/mol. The lowest BCUT2D eigenvalue weighted by Crippen LogP contribution is -2.35. The van der Waals surface area contributed by atoms with Gasteiger partial charge in [0.05, 0.1) is 17.2 Å². The van der Waals surface area contributed by atoms with Crippen molar-refractivity contribution in [2.45, 2.75) is 57.5 Å². The number of H-pyrrole nitrogens is 1. The van der Waals surface area contributed by atoms with Crippen LogP contribution in [0.5, 0.6) is 0 Å². The van der Waals surface area contributed by atoms with Crippen LogP contribution < -0.4 is 0 Å². The van der Waals surface area contributed by atoms with Crippen molar-refractivity contribution in [3.05, 3.63) is 53.1 Å². The number of carboxylic acid groups (broad SMARTS) is 1. The van der Waals surface area contributed by atoms with Gasteiger partial charge in [0.2, 0.25) is 0 Å². The summed E-state index contributed by atoms with van der Waals surface area (Å²) in [4.78, 5) is 16.6. The summed E-state index contributed by atoms with van der Waals surface area (Å²) >= 11 is 0. The van der Waals surface area contributed by atoms with E-state index in [4.69, 9.17) is 4.98 Å². The van der Waals surface area contributed by atoms with E-state index in [1.165, 1.54) is 6.07 Å². The van der Waals surface area contributed by atoms with Crippen molar-refractivity contribution < 1.29 is 19.4 Å². The molecule has 3 heterocycles. The zero-order chi connectivity index (χ0) is 22.8. The molecule has 2 atom stereocenters. The van der Waals surface area contributed by atoms with Crippen LogP contribution in [0.15, 0.2) is 30.5 Å². The van der Waals surface area contributed by atoms with E-state index in [-0.39, 0.29) is 30.5 Å². The SMILES string of the molecule is Cc1cc(-n2c(C(C)C)c([C@@H]3CC[C@@](O)(C(=O)O)C3)c3nc4[nH]ncc4cc32)ccc1F. The average molecular weight is 436 g/mol. The summed E-state index contributed by atoms with van der Waals surface area (Å²) in [5, 5.41) is 28.1. The van der Waals surface area contributed by atoms with Crippen LogP contribution in [-0.2, 0) is 4.79 Å². The van der Waals surface area contributed by atoms with Gasteiger partial charge >= 0.3 is 5.97 Å². The number of aromatic nitrogens is 4. The number of carboxylic acids is 1. The minimum Gasteiger partial charge on any atom is -0.479 e. The molecule has 0 amide bonds. The molecule has 3 aromatic heterocycles. The molecule has 166 valence electrons. The fourth-order valence-electron chi connectivity index (χ4n) is 5.09. The first-order valence-corrected chi connectivity index (χ1v) is 10.8. The van der Waals surface area contributed by atoms with Gasteiger partial charge in [0.25, 0.3) is 0 Å². The zero-order valence-corrected chi connectivity index (χ0v) is 18.2. The van der Waals surface area contributed by atoms with Crippen LogP contribution in [0.4, 0.5) is 4.39 Å². The van der Waals surface area contributed by atoms with Crippen molar-refractivity contribution in [2.24, 2.45) is 0 Å². The van der Waals surface area contributed by atoms with Crippen molar-refractivity contribution in [1.29, 1.82) is 0 Å². The number of rotatable bonds is 4. The zero-order valence-electron chi connectivity index (χ0n) is 18.2. The number of aliphatic hydroxyl groups is 1. The lowest BCUT2D eigenvalue weighted by atomic mass is 9.90. The predicted octanol–water partition coefficient (Wildman–Crippen LogP) is 4.56. The van der Waals surface area contributed by atoms with Crippen molar-refractivity contribution >= 4 is 28.0 Å². The third-order valence-electron chi connectivity index (χ3n) is 6.66. The van der Waals surface area contributed by atoms with Crippen LogP contribution in [0, 0.1) is 12.7 Å². The predicted molar refractivity (Wildman–Crippen MR) is 119 cm³/mol. The Morgan fingerprint density at radius 1 is 1.34 bits per heavy atom. The van der Waals surface area contributed by atoms with E-state index in [2.05, 4.69) is 28.6 Å². The summed E-state index contributed by atoms with van der Waals surface area (Å²) in [6.45, 7) is 5.89. The van der Waals surface area contributed by atoms with Crippen molar-refractivity contribution in [2.75, 3.05) is 0 Å². The molecule has 4 aromatic rings. The molecule has 0 bridgehead atoms. The standard InChI is InChI=1S/C24H25FN4O3/c1-12(2)21-19(14-6-7-24(32,10-14)23(30)31)20-18(9-15-11-26-28-22(15)27-20)29(21)16-4-5-17(25)13(3)8-16/h4-5,8-9,11-12,14,32H,6-7,10H2,1-3H3,(H,30,31)(H,26,27,28)/t14-,24+/m1/s1. The lowest BCUT2D eigenvalue weighted by molar-refractivity contribution is -0.157. The number of hydrogen-bond donors (Lipinski definition) is 3. The highest BCUT2D eigenvalue weighted by molar-refractivity contribution is 5.94. The van der Waals surface area contributed by atoms with E-state index in [0.717, 1.165) is 33.4 Å². The van der Waals surface area contributed by atoms with Crippen LogP contribution in [-0.4, -0.2) is 41.5 Å².